The monoisotopic (exact) mass is 348 g/mol. The number of nitrogens with one attached hydrogen (secondary N) is 2. The van der Waals surface area contributed by atoms with E-state index in [-0.39, 0.29) is 21.4 Å². The number of nitrogens with zero attached hydrogens (tertiary/aromatic N) is 2. The van der Waals surface area contributed by atoms with Gasteiger partial charge in [-0.3, -0.25) is 10.1 Å². The summed E-state index contributed by atoms with van der Waals surface area (Å²) < 4.78 is 26.6. The standard InChI is InChI=1S/C10H12N4O4S3/c1-6-4-12-8(19-6)5-13-21(17,18)9-3-7(14(15)16)10(11-2)20-9/h3-4,11,13H,5H2,1-2H3. The van der Waals surface area contributed by atoms with Gasteiger partial charge in [0.1, 0.15) is 9.22 Å². The molecule has 0 amide bonds. The lowest BCUT2D eigenvalue weighted by Crippen LogP contribution is -2.22. The highest BCUT2D eigenvalue weighted by Gasteiger charge is 2.25. The molecule has 2 N–H and O–H groups in total. The number of thiophene rings is 1. The van der Waals surface area contributed by atoms with E-state index in [9.17, 15) is 18.5 Å². The minimum atomic E-state index is -3.80. The second kappa shape index (κ2) is 6.05. The number of thiazole rings is 1. The summed E-state index contributed by atoms with van der Waals surface area (Å²) in [5.41, 5.74) is -0.257. The Balaban J connectivity index is 2.21. The zero-order chi connectivity index (χ0) is 15.6. The molecule has 0 saturated carbocycles. The van der Waals surface area contributed by atoms with Crippen LogP contribution in [0.3, 0.4) is 0 Å². The smallest absolute Gasteiger partial charge is 0.304 e. The number of aryl methyl sites for hydroxylation is 1. The lowest BCUT2D eigenvalue weighted by Gasteiger charge is -2.01. The molecule has 0 atom stereocenters. The van der Waals surface area contributed by atoms with Gasteiger partial charge in [-0.15, -0.1) is 11.3 Å². The molecule has 114 valence electrons. The molecule has 0 aromatic carbocycles. The van der Waals surface area contributed by atoms with Crippen molar-refractivity contribution >= 4 is 43.4 Å². The van der Waals surface area contributed by atoms with E-state index in [1.807, 2.05) is 6.92 Å². The Morgan fingerprint density at radius 3 is 2.62 bits per heavy atom. The van der Waals surface area contributed by atoms with Gasteiger partial charge >= 0.3 is 5.69 Å². The molecule has 0 saturated heterocycles. The van der Waals surface area contributed by atoms with E-state index in [4.69, 9.17) is 0 Å². The van der Waals surface area contributed by atoms with Crippen molar-refractivity contribution in [1.29, 1.82) is 0 Å². The van der Waals surface area contributed by atoms with Crippen molar-refractivity contribution in [3.63, 3.8) is 0 Å². The molecule has 0 aliphatic heterocycles. The van der Waals surface area contributed by atoms with Gasteiger partial charge in [0.15, 0.2) is 5.00 Å². The van der Waals surface area contributed by atoms with E-state index in [0.717, 1.165) is 22.3 Å². The lowest BCUT2D eigenvalue weighted by molar-refractivity contribution is -0.383. The Kier molecular flexibility index (Phi) is 4.56. The summed E-state index contributed by atoms with van der Waals surface area (Å²) in [5, 5.41) is 14.3. The highest BCUT2D eigenvalue weighted by Crippen LogP contribution is 2.36. The van der Waals surface area contributed by atoms with Crippen LogP contribution in [-0.2, 0) is 16.6 Å². The quantitative estimate of drug-likeness (QED) is 0.609. The van der Waals surface area contributed by atoms with Crippen LogP contribution in [0.2, 0.25) is 0 Å². The number of sulfonamides is 1. The van der Waals surface area contributed by atoms with Crippen LogP contribution in [0.1, 0.15) is 9.88 Å². The lowest BCUT2D eigenvalue weighted by atomic mass is 10.5. The molecule has 0 fully saturated rings. The Bertz CT molecular complexity index is 765. The number of rotatable bonds is 6. The molecule has 2 aromatic rings. The maximum atomic E-state index is 12.1. The number of anilines is 1. The molecule has 21 heavy (non-hydrogen) atoms. The van der Waals surface area contributed by atoms with E-state index in [2.05, 4.69) is 15.0 Å². The summed E-state index contributed by atoms with van der Waals surface area (Å²) in [6.45, 7) is 1.93. The summed E-state index contributed by atoms with van der Waals surface area (Å²) in [7, 11) is -2.30. The van der Waals surface area contributed by atoms with E-state index in [0.29, 0.717) is 5.01 Å². The third-order valence-electron chi connectivity index (χ3n) is 2.46. The molecular weight excluding hydrogens is 336 g/mol. The molecule has 0 bridgehead atoms. The van der Waals surface area contributed by atoms with Crippen LogP contribution < -0.4 is 10.0 Å². The van der Waals surface area contributed by atoms with Gasteiger partial charge in [0.2, 0.25) is 0 Å². The van der Waals surface area contributed by atoms with Gasteiger partial charge in [-0.05, 0) is 6.92 Å². The molecule has 2 aromatic heterocycles. The van der Waals surface area contributed by atoms with Gasteiger partial charge in [-0.2, -0.15) is 0 Å². The zero-order valence-corrected chi connectivity index (χ0v) is 13.6. The molecule has 0 spiro atoms. The zero-order valence-electron chi connectivity index (χ0n) is 11.1. The average molecular weight is 348 g/mol. The van der Waals surface area contributed by atoms with Crippen molar-refractivity contribution in [3.05, 3.63) is 32.3 Å². The van der Waals surface area contributed by atoms with Gasteiger partial charge in [0.05, 0.1) is 11.5 Å². The predicted octanol–water partition coefficient (Wildman–Crippen LogP) is 1.94. The van der Waals surface area contributed by atoms with Crippen LogP contribution in [-0.4, -0.2) is 25.4 Å². The van der Waals surface area contributed by atoms with Gasteiger partial charge in [0, 0.05) is 24.2 Å². The van der Waals surface area contributed by atoms with E-state index >= 15 is 0 Å². The first-order chi connectivity index (χ1) is 9.83. The molecule has 0 radical (unpaired) electrons. The maximum Gasteiger partial charge on any atom is 0.304 e. The van der Waals surface area contributed by atoms with Crippen molar-refractivity contribution in [2.24, 2.45) is 0 Å². The average Bonchev–Trinajstić information content (AvgIpc) is 3.02. The van der Waals surface area contributed by atoms with Crippen LogP contribution >= 0.6 is 22.7 Å². The topological polar surface area (TPSA) is 114 Å². The van der Waals surface area contributed by atoms with Gasteiger partial charge in [0.25, 0.3) is 10.0 Å². The van der Waals surface area contributed by atoms with Crippen LogP contribution in [0.15, 0.2) is 16.5 Å². The normalized spacial score (nSPS) is 11.5. The van der Waals surface area contributed by atoms with Gasteiger partial charge < -0.3 is 5.32 Å². The first-order valence-corrected chi connectivity index (χ1v) is 8.82. The predicted molar refractivity (Wildman–Crippen MR) is 81.4 cm³/mol. The molecular formula is C10H12N4O4S3. The van der Waals surface area contributed by atoms with Crippen molar-refractivity contribution < 1.29 is 13.3 Å². The number of nitro groups is 1. The number of hydrogen-bond acceptors (Lipinski definition) is 8. The van der Waals surface area contributed by atoms with Gasteiger partial charge in [-0.25, -0.2) is 18.1 Å². The Morgan fingerprint density at radius 2 is 2.14 bits per heavy atom. The van der Waals surface area contributed by atoms with E-state index < -0.39 is 14.9 Å². The maximum absolute atomic E-state index is 12.1. The minimum absolute atomic E-state index is 0.0570. The summed E-state index contributed by atoms with van der Waals surface area (Å²) in [4.78, 5) is 15.3. The fourth-order valence-electron chi connectivity index (χ4n) is 1.52. The van der Waals surface area contributed by atoms with Crippen LogP contribution in [0.4, 0.5) is 10.7 Å². The fraction of sp³-hybridized carbons (Fsp3) is 0.300. The van der Waals surface area contributed by atoms with Crippen molar-refractivity contribution in [2.75, 3.05) is 12.4 Å². The molecule has 2 heterocycles. The highest BCUT2D eigenvalue weighted by atomic mass is 32.2. The summed E-state index contributed by atoms with van der Waals surface area (Å²) in [6, 6.07) is 1.05. The van der Waals surface area contributed by atoms with Crippen molar-refractivity contribution in [1.82, 2.24) is 9.71 Å². The molecule has 0 aliphatic rings. The second-order valence-electron chi connectivity index (χ2n) is 3.98. The third kappa shape index (κ3) is 3.56. The number of aromatic nitrogens is 1. The first kappa shape index (κ1) is 15.8. The molecule has 0 unspecified atom stereocenters. The Hall–Kier alpha value is -1.56. The summed E-state index contributed by atoms with van der Waals surface area (Å²) in [6.07, 6.45) is 1.66. The summed E-state index contributed by atoms with van der Waals surface area (Å²) >= 11 is 2.20. The Morgan fingerprint density at radius 1 is 1.43 bits per heavy atom. The van der Waals surface area contributed by atoms with Crippen LogP contribution in [0, 0.1) is 17.0 Å². The summed E-state index contributed by atoms with van der Waals surface area (Å²) in [5.74, 6) is 0. The van der Waals surface area contributed by atoms with Crippen LogP contribution in [0.25, 0.3) is 0 Å². The van der Waals surface area contributed by atoms with Crippen LogP contribution in [0.5, 0.6) is 0 Å². The molecule has 11 heteroatoms. The highest BCUT2D eigenvalue weighted by molar-refractivity contribution is 7.91. The van der Waals surface area contributed by atoms with Crippen molar-refractivity contribution in [3.8, 4) is 0 Å². The first-order valence-electron chi connectivity index (χ1n) is 5.70. The second-order valence-corrected chi connectivity index (χ2v) is 8.34. The largest absolute Gasteiger partial charge is 0.374 e. The van der Waals surface area contributed by atoms with Gasteiger partial charge in [-0.1, -0.05) is 11.3 Å². The number of hydrogen-bond donors (Lipinski definition) is 2. The molecule has 8 nitrogen and oxygen atoms in total. The SMILES string of the molecule is CNc1sc(S(=O)(=O)NCc2ncc(C)s2)cc1[N+](=O)[O-]. The molecule has 0 aliphatic carbocycles. The van der Waals surface area contributed by atoms with Crippen molar-refractivity contribution in [2.45, 2.75) is 17.7 Å². The fourth-order valence-corrected chi connectivity index (χ4v) is 4.65. The third-order valence-corrected chi connectivity index (χ3v) is 6.39. The Labute approximate surface area is 129 Å². The molecule has 2 rings (SSSR count). The minimum Gasteiger partial charge on any atom is -0.374 e. The van der Waals surface area contributed by atoms with E-state index in [1.54, 1.807) is 6.20 Å². The van der Waals surface area contributed by atoms with E-state index in [1.165, 1.54) is 18.4 Å².